The van der Waals surface area contributed by atoms with E-state index in [4.69, 9.17) is 14.6 Å². The number of alkyl carbamates (subject to hydrolysis) is 1. The number of aliphatic carboxylic acids is 1. The van der Waals surface area contributed by atoms with Crippen molar-refractivity contribution in [2.24, 2.45) is 0 Å². The molecule has 1 amide bonds. The molecule has 0 unspecified atom stereocenters. The number of ether oxygens (including phenoxy) is 2. The lowest BCUT2D eigenvalue weighted by atomic mass is 10.1. The van der Waals surface area contributed by atoms with Crippen LogP contribution in [-0.2, 0) is 19.1 Å². The molecule has 0 saturated carbocycles. The van der Waals surface area contributed by atoms with Crippen LogP contribution in [0.25, 0.3) is 0 Å². The SMILES string of the molecule is CC(C)(C)OC(=O)C[C@H](NC(=O)OC(C)(C)C)C(=O)O.CCl. The molecule has 0 aromatic heterocycles. The zero-order valence-corrected chi connectivity index (χ0v) is 14.9. The highest BCUT2D eigenvalue weighted by Gasteiger charge is 2.28. The standard InChI is InChI=1S/C13H23NO6.CH3Cl/c1-12(2,3)19-9(15)7-8(10(16)17)14-11(18)20-13(4,5)6;1-2/h8H,7H2,1-6H3,(H,14,18)(H,16,17);1H3/t8-;/m0./s1. The molecule has 130 valence electrons. The predicted octanol–water partition coefficient (Wildman–Crippen LogP) is 2.55. The van der Waals surface area contributed by atoms with Gasteiger partial charge in [0.25, 0.3) is 0 Å². The monoisotopic (exact) mass is 339 g/mol. The van der Waals surface area contributed by atoms with Crippen molar-refractivity contribution in [3.8, 4) is 0 Å². The van der Waals surface area contributed by atoms with E-state index in [2.05, 4.69) is 16.9 Å². The number of carboxylic acid groups (broad SMARTS) is 1. The number of carboxylic acids is 1. The smallest absolute Gasteiger partial charge is 0.408 e. The lowest BCUT2D eigenvalue weighted by molar-refractivity contribution is -0.158. The van der Waals surface area contributed by atoms with E-state index < -0.39 is 41.7 Å². The minimum Gasteiger partial charge on any atom is -0.480 e. The lowest BCUT2D eigenvalue weighted by Crippen LogP contribution is -2.45. The fourth-order valence-corrected chi connectivity index (χ4v) is 1.20. The molecule has 0 aliphatic carbocycles. The van der Waals surface area contributed by atoms with Gasteiger partial charge in [0.15, 0.2) is 0 Å². The molecule has 22 heavy (non-hydrogen) atoms. The van der Waals surface area contributed by atoms with E-state index in [9.17, 15) is 14.4 Å². The van der Waals surface area contributed by atoms with Crippen LogP contribution in [0.2, 0.25) is 0 Å². The third kappa shape index (κ3) is 13.5. The van der Waals surface area contributed by atoms with Crippen LogP contribution in [0.3, 0.4) is 0 Å². The van der Waals surface area contributed by atoms with E-state index >= 15 is 0 Å². The van der Waals surface area contributed by atoms with Crippen molar-refractivity contribution in [3.05, 3.63) is 0 Å². The van der Waals surface area contributed by atoms with Crippen LogP contribution in [0.15, 0.2) is 0 Å². The second-order valence-electron chi connectivity index (χ2n) is 6.33. The summed E-state index contributed by atoms with van der Waals surface area (Å²) in [4.78, 5) is 34.1. The number of rotatable bonds is 4. The zero-order valence-electron chi connectivity index (χ0n) is 14.2. The van der Waals surface area contributed by atoms with Gasteiger partial charge in [-0.3, -0.25) is 4.79 Å². The van der Waals surface area contributed by atoms with Gasteiger partial charge in [-0.05, 0) is 41.5 Å². The molecule has 0 fully saturated rings. The Hall–Kier alpha value is -1.50. The Morgan fingerprint density at radius 3 is 1.73 bits per heavy atom. The molecule has 0 aliphatic rings. The quantitative estimate of drug-likeness (QED) is 0.602. The maximum Gasteiger partial charge on any atom is 0.408 e. The van der Waals surface area contributed by atoms with Crippen molar-refractivity contribution in [1.29, 1.82) is 0 Å². The van der Waals surface area contributed by atoms with Crippen LogP contribution in [0.5, 0.6) is 0 Å². The van der Waals surface area contributed by atoms with Gasteiger partial charge >= 0.3 is 18.0 Å². The van der Waals surface area contributed by atoms with Gasteiger partial charge in [-0.25, -0.2) is 9.59 Å². The van der Waals surface area contributed by atoms with Crippen LogP contribution in [-0.4, -0.2) is 46.8 Å². The highest BCUT2D eigenvalue weighted by molar-refractivity contribution is 6.15. The van der Waals surface area contributed by atoms with Gasteiger partial charge in [0.1, 0.15) is 17.2 Å². The van der Waals surface area contributed by atoms with Gasteiger partial charge in [-0.2, -0.15) is 0 Å². The first-order chi connectivity index (χ1) is 9.80. The van der Waals surface area contributed by atoms with Gasteiger partial charge in [0.05, 0.1) is 6.42 Å². The molecule has 0 heterocycles. The van der Waals surface area contributed by atoms with Gasteiger partial charge in [0, 0.05) is 6.38 Å². The Bertz CT molecular complexity index is 354. The normalized spacial score (nSPS) is 12.4. The van der Waals surface area contributed by atoms with Gasteiger partial charge < -0.3 is 19.9 Å². The molecule has 0 spiro atoms. The van der Waals surface area contributed by atoms with Crippen molar-refractivity contribution in [3.63, 3.8) is 0 Å². The van der Waals surface area contributed by atoms with Crippen molar-refractivity contribution >= 4 is 29.6 Å². The summed E-state index contributed by atoms with van der Waals surface area (Å²) in [5.74, 6) is -2.04. The Labute approximate surface area is 136 Å². The Morgan fingerprint density at radius 2 is 1.41 bits per heavy atom. The minimum atomic E-state index is -1.39. The van der Waals surface area contributed by atoms with E-state index in [0.29, 0.717) is 0 Å². The third-order valence-corrected chi connectivity index (χ3v) is 1.78. The first-order valence-corrected chi connectivity index (χ1v) is 7.38. The number of esters is 1. The molecule has 8 heteroatoms. The number of nitrogens with one attached hydrogen (secondary N) is 1. The van der Waals surface area contributed by atoms with Crippen LogP contribution in [0.1, 0.15) is 48.0 Å². The number of carbonyl (C=O) groups excluding carboxylic acids is 2. The lowest BCUT2D eigenvalue weighted by Gasteiger charge is -2.23. The van der Waals surface area contributed by atoms with Crippen LogP contribution < -0.4 is 5.32 Å². The largest absolute Gasteiger partial charge is 0.480 e. The van der Waals surface area contributed by atoms with E-state index in [0.717, 1.165) is 0 Å². The summed E-state index contributed by atoms with van der Waals surface area (Å²) < 4.78 is 9.94. The highest BCUT2D eigenvalue weighted by Crippen LogP contribution is 2.10. The number of hydrogen-bond acceptors (Lipinski definition) is 5. The molecular weight excluding hydrogens is 314 g/mol. The number of carbonyl (C=O) groups is 3. The zero-order chi connectivity index (χ0) is 18.1. The predicted molar refractivity (Wildman–Crippen MR) is 83.0 cm³/mol. The Morgan fingerprint density at radius 1 is 1.00 bits per heavy atom. The summed E-state index contributed by atoms with van der Waals surface area (Å²) in [6.45, 7) is 9.95. The molecule has 0 rings (SSSR count). The summed E-state index contributed by atoms with van der Waals surface area (Å²) in [7, 11) is 0. The number of alkyl halides is 1. The second-order valence-corrected chi connectivity index (χ2v) is 6.33. The average Bonchev–Trinajstić information content (AvgIpc) is 2.25. The second kappa shape index (κ2) is 9.50. The first kappa shape index (κ1) is 22.8. The maximum atomic E-state index is 11.6. The van der Waals surface area contributed by atoms with E-state index in [1.54, 1.807) is 41.5 Å². The summed E-state index contributed by atoms with van der Waals surface area (Å²) in [5, 5.41) is 11.1. The van der Waals surface area contributed by atoms with E-state index in [1.807, 2.05) is 0 Å². The first-order valence-electron chi connectivity index (χ1n) is 6.62. The molecular formula is C14H26ClNO6. The van der Waals surface area contributed by atoms with E-state index in [1.165, 1.54) is 6.38 Å². The molecule has 7 nitrogen and oxygen atoms in total. The van der Waals surface area contributed by atoms with Crippen LogP contribution in [0, 0.1) is 0 Å². The number of hydrogen-bond donors (Lipinski definition) is 2. The Kier molecular flexibility index (Phi) is 9.84. The molecule has 2 N–H and O–H groups in total. The average molecular weight is 340 g/mol. The maximum absolute atomic E-state index is 11.6. The summed E-state index contributed by atoms with van der Waals surface area (Å²) in [6.07, 6.45) is 0.111. The van der Waals surface area contributed by atoms with E-state index in [-0.39, 0.29) is 0 Å². The molecule has 0 aliphatic heterocycles. The molecule has 1 atom stereocenters. The molecule has 0 radical (unpaired) electrons. The van der Waals surface area contributed by atoms with Crippen molar-refractivity contribution < 1.29 is 29.0 Å². The third-order valence-electron chi connectivity index (χ3n) is 1.78. The van der Waals surface area contributed by atoms with Crippen LogP contribution >= 0.6 is 11.6 Å². The topological polar surface area (TPSA) is 102 Å². The molecule has 0 saturated heterocycles. The van der Waals surface area contributed by atoms with Crippen molar-refractivity contribution in [1.82, 2.24) is 5.32 Å². The van der Waals surface area contributed by atoms with Crippen molar-refractivity contribution in [2.45, 2.75) is 65.2 Å². The minimum absolute atomic E-state index is 0.466. The number of amides is 1. The summed E-state index contributed by atoms with van der Waals surface area (Å²) >= 11 is 4.64. The highest BCUT2D eigenvalue weighted by atomic mass is 35.5. The fraction of sp³-hybridized carbons (Fsp3) is 0.786. The molecule has 0 aromatic rings. The van der Waals surface area contributed by atoms with Crippen molar-refractivity contribution in [2.75, 3.05) is 6.38 Å². The summed E-state index contributed by atoms with van der Waals surface area (Å²) in [6, 6.07) is -1.39. The molecule has 0 bridgehead atoms. The molecule has 0 aromatic carbocycles. The van der Waals surface area contributed by atoms with Gasteiger partial charge in [-0.1, -0.05) is 0 Å². The Balaban J connectivity index is 0. The van der Waals surface area contributed by atoms with Gasteiger partial charge in [0.2, 0.25) is 0 Å². The van der Waals surface area contributed by atoms with Crippen LogP contribution in [0.4, 0.5) is 4.79 Å². The summed E-state index contributed by atoms with van der Waals surface area (Å²) in [5.41, 5.74) is -1.47. The fourth-order valence-electron chi connectivity index (χ4n) is 1.20. The van der Waals surface area contributed by atoms with Gasteiger partial charge in [-0.15, -0.1) is 11.6 Å². The number of halogens is 1.